The minimum absolute atomic E-state index is 0.0651. The van der Waals surface area contributed by atoms with Crippen molar-refractivity contribution in [1.82, 2.24) is 5.32 Å². The Morgan fingerprint density at radius 1 is 1.24 bits per heavy atom. The van der Waals surface area contributed by atoms with Crippen molar-refractivity contribution < 1.29 is 9.13 Å². The van der Waals surface area contributed by atoms with Gasteiger partial charge < -0.3 is 10.1 Å². The Hall–Kier alpha value is -1.39. The molecule has 0 amide bonds. The van der Waals surface area contributed by atoms with E-state index < -0.39 is 0 Å². The summed E-state index contributed by atoms with van der Waals surface area (Å²) in [4.78, 5) is 0. The summed E-state index contributed by atoms with van der Waals surface area (Å²) in [5.41, 5.74) is 2.89. The topological polar surface area (TPSA) is 21.3 Å². The SMILES string of the molecule is CCNC(c1cc(C)cc(F)c1)c1ccc(OC)cc1Br. The number of nitrogens with one attached hydrogen (secondary N) is 1. The second-order valence-electron chi connectivity index (χ2n) is 4.94. The Morgan fingerprint density at radius 2 is 2.00 bits per heavy atom. The van der Waals surface area contributed by atoms with E-state index in [0.29, 0.717) is 0 Å². The summed E-state index contributed by atoms with van der Waals surface area (Å²) in [6.45, 7) is 4.73. The Kier molecular flexibility index (Phi) is 5.37. The number of halogens is 2. The van der Waals surface area contributed by atoms with Crippen molar-refractivity contribution in [3.05, 3.63) is 63.4 Å². The van der Waals surface area contributed by atoms with Crippen molar-refractivity contribution in [2.75, 3.05) is 13.7 Å². The third-order valence-corrected chi connectivity index (χ3v) is 4.01. The molecule has 2 aromatic carbocycles. The normalized spacial score (nSPS) is 12.2. The van der Waals surface area contributed by atoms with Crippen molar-refractivity contribution in [1.29, 1.82) is 0 Å². The van der Waals surface area contributed by atoms with Crippen LogP contribution in [0.3, 0.4) is 0 Å². The molecule has 2 aromatic rings. The number of methoxy groups -OCH3 is 1. The number of hydrogen-bond acceptors (Lipinski definition) is 2. The molecule has 21 heavy (non-hydrogen) atoms. The Balaban J connectivity index is 2.47. The predicted molar refractivity (Wildman–Crippen MR) is 87.4 cm³/mol. The second-order valence-corrected chi connectivity index (χ2v) is 5.79. The van der Waals surface area contributed by atoms with Crippen LogP contribution in [0.15, 0.2) is 40.9 Å². The molecule has 2 rings (SSSR count). The first-order valence-electron chi connectivity index (χ1n) is 6.89. The lowest BCUT2D eigenvalue weighted by atomic mass is 9.97. The van der Waals surface area contributed by atoms with Gasteiger partial charge in [-0.15, -0.1) is 0 Å². The molecule has 0 saturated heterocycles. The smallest absolute Gasteiger partial charge is 0.123 e. The van der Waals surface area contributed by atoms with E-state index in [-0.39, 0.29) is 11.9 Å². The van der Waals surface area contributed by atoms with Gasteiger partial charge in [-0.05, 0) is 54.4 Å². The molecule has 4 heteroatoms. The van der Waals surface area contributed by atoms with E-state index in [9.17, 15) is 4.39 Å². The zero-order chi connectivity index (χ0) is 15.4. The van der Waals surface area contributed by atoms with Crippen molar-refractivity contribution in [3.63, 3.8) is 0 Å². The monoisotopic (exact) mass is 351 g/mol. The second kappa shape index (κ2) is 7.05. The summed E-state index contributed by atoms with van der Waals surface area (Å²) in [6, 6.07) is 10.9. The zero-order valence-corrected chi connectivity index (χ0v) is 14.0. The molecule has 0 radical (unpaired) electrons. The molecule has 0 bridgehead atoms. The van der Waals surface area contributed by atoms with Crippen LogP contribution >= 0.6 is 15.9 Å². The molecule has 0 aliphatic heterocycles. The van der Waals surface area contributed by atoms with Crippen molar-refractivity contribution in [3.8, 4) is 5.75 Å². The van der Waals surface area contributed by atoms with Gasteiger partial charge in [0, 0.05) is 4.47 Å². The summed E-state index contributed by atoms with van der Waals surface area (Å²) < 4.78 is 19.9. The molecular formula is C17H19BrFNO. The zero-order valence-electron chi connectivity index (χ0n) is 12.4. The van der Waals surface area contributed by atoms with Gasteiger partial charge in [-0.25, -0.2) is 4.39 Å². The van der Waals surface area contributed by atoms with Crippen LogP contribution in [-0.2, 0) is 0 Å². The molecule has 0 spiro atoms. The van der Waals surface area contributed by atoms with Crippen LogP contribution in [0.2, 0.25) is 0 Å². The number of aryl methyl sites for hydroxylation is 1. The van der Waals surface area contributed by atoms with Crippen molar-refractivity contribution in [2.45, 2.75) is 19.9 Å². The molecule has 0 fully saturated rings. The van der Waals surface area contributed by atoms with Gasteiger partial charge in [-0.3, -0.25) is 0 Å². The fourth-order valence-electron chi connectivity index (χ4n) is 2.41. The first-order valence-corrected chi connectivity index (χ1v) is 7.68. The summed E-state index contributed by atoms with van der Waals surface area (Å²) >= 11 is 3.58. The average Bonchev–Trinajstić information content (AvgIpc) is 2.44. The van der Waals surface area contributed by atoms with Gasteiger partial charge in [0.05, 0.1) is 13.2 Å². The standard InChI is InChI=1S/C17H19BrFNO/c1-4-20-17(12-7-11(2)8-13(19)9-12)15-6-5-14(21-3)10-16(15)18/h5-10,17,20H,4H2,1-3H3. The van der Waals surface area contributed by atoms with Crippen LogP contribution in [0.4, 0.5) is 4.39 Å². The predicted octanol–water partition coefficient (Wildman–Crippen LogP) is 4.60. The molecule has 0 aliphatic rings. The van der Waals surface area contributed by atoms with Crippen LogP contribution in [0.5, 0.6) is 5.75 Å². The van der Waals surface area contributed by atoms with Gasteiger partial charge in [0.2, 0.25) is 0 Å². The van der Waals surface area contributed by atoms with E-state index in [1.807, 2.05) is 38.1 Å². The van der Waals surface area contributed by atoms with E-state index in [1.54, 1.807) is 13.2 Å². The third kappa shape index (κ3) is 3.83. The largest absolute Gasteiger partial charge is 0.497 e. The van der Waals surface area contributed by atoms with Crippen LogP contribution in [-0.4, -0.2) is 13.7 Å². The maximum Gasteiger partial charge on any atom is 0.123 e. The minimum Gasteiger partial charge on any atom is -0.497 e. The number of rotatable bonds is 5. The van der Waals surface area contributed by atoms with Gasteiger partial charge in [0.15, 0.2) is 0 Å². The van der Waals surface area contributed by atoms with Crippen LogP contribution in [0.1, 0.15) is 29.7 Å². The molecule has 1 N–H and O–H groups in total. The van der Waals surface area contributed by atoms with Crippen LogP contribution in [0, 0.1) is 12.7 Å². The lowest BCUT2D eigenvalue weighted by Crippen LogP contribution is -2.22. The van der Waals surface area contributed by atoms with Crippen LogP contribution in [0.25, 0.3) is 0 Å². The lowest BCUT2D eigenvalue weighted by Gasteiger charge is -2.21. The van der Waals surface area contributed by atoms with Gasteiger partial charge in [-0.1, -0.05) is 35.0 Å². The maximum atomic E-state index is 13.7. The quantitative estimate of drug-likeness (QED) is 0.849. The van der Waals surface area contributed by atoms with Crippen LogP contribution < -0.4 is 10.1 Å². The highest BCUT2D eigenvalue weighted by Gasteiger charge is 2.17. The highest BCUT2D eigenvalue weighted by atomic mass is 79.9. The maximum absolute atomic E-state index is 13.7. The van der Waals surface area contributed by atoms with E-state index in [4.69, 9.17) is 4.74 Å². The minimum atomic E-state index is -0.211. The van der Waals surface area contributed by atoms with Gasteiger partial charge >= 0.3 is 0 Å². The molecule has 0 saturated carbocycles. The highest BCUT2D eigenvalue weighted by molar-refractivity contribution is 9.10. The molecular weight excluding hydrogens is 333 g/mol. The molecule has 0 aliphatic carbocycles. The molecule has 1 atom stereocenters. The van der Waals surface area contributed by atoms with Crippen molar-refractivity contribution >= 4 is 15.9 Å². The average molecular weight is 352 g/mol. The number of hydrogen-bond donors (Lipinski definition) is 1. The first-order chi connectivity index (χ1) is 10.0. The number of ether oxygens (including phenoxy) is 1. The Labute approximate surface area is 133 Å². The first kappa shape index (κ1) is 16.0. The fraction of sp³-hybridized carbons (Fsp3) is 0.294. The Morgan fingerprint density at radius 3 is 2.57 bits per heavy atom. The molecule has 1 unspecified atom stereocenters. The summed E-state index contributed by atoms with van der Waals surface area (Å²) in [7, 11) is 1.64. The van der Waals surface area contributed by atoms with Gasteiger partial charge in [-0.2, -0.15) is 0 Å². The molecule has 112 valence electrons. The highest BCUT2D eigenvalue weighted by Crippen LogP contribution is 2.32. The summed E-state index contributed by atoms with van der Waals surface area (Å²) in [6.07, 6.45) is 0. The van der Waals surface area contributed by atoms with E-state index in [0.717, 1.165) is 33.5 Å². The van der Waals surface area contributed by atoms with E-state index >= 15 is 0 Å². The molecule has 0 heterocycles. The fourth-order valence-corrected chi connectivity index (χ4v) is 3.00. The Bertz CT molecular complexity index is 610. The molecule has 2 nitrogen and oxygen atoms in total. The van der Waals surface area contributed by atoms with Crippen molar-refractivity contribution in [2.24, 2.45) is 0 Å². The summed E-state index contributed by atoms with van der Waals surface area (Å²) in [5, 5.41) is 3.41. The number of benzene rings is 2. The van der Waals surface area contributed by atoms with Gasteiger partial charge in [0.1, 0.15) is 11.6 Å². The summed E-state index contributed by atoms with van der Waals surface area (Å²) in [5.74, 6) is 0.578. The van der Waals surface area contributed by atoms with Gasteiger partial charge in [0.25, 0.3) is 0 Å². The molecule has 0 aromatic heterocycles. The van der Waals surface area contributed by atoms with E-state index in [2.05, 4.69) is 21.2 Å². The van der Waals surface area contributed by atoms with E-state index in [1.165, 1.54) is 6.07 Å². The third-order valence-electron chi connectivity index (χ3n) is 3.32. The lowest BCUT2D eigenvalue weighted by molar-refractivity contribution is 0.414.